The largest absolute Gasteiger partial charge is 0.368 e. The molecule has 2 saturated heterocycles. The summed E-state index contributed by atoms with van der Waals surface area (Å²) in [5.74, 6) is 0. The van der Waals surface area contributed by atoms with Crippen molar-refractivity contribution in [3.8, 4) is 0 Å². The van der Waals surface area contributed by atoms with Gasteiger partial charge in [0.25, 0.3) is 0 Å². The molecule has 0 bridgehead atoms. The van der Waals surface area contributed by atoms with Crippen molar-refractivity contribution < 1.29 is 4.74 Å². The van der Waals surface area contributed by atoms with E-state index in [0.717, 1.165) is 19.7 Å². The van der Waals surface area contributed by atoms with E-state index in [1.54, 1.807) is 0 Å². The Bertz CT molecular complexity index is 80.1. The minimum atomic E-state index is 0.333. The van der Waals surface area contributed by atoms with E-state index in [-0.39, 0.29) is 0 Å². The lowest BCUT2D eigenvalue weighted by Gasteiger charge is -1.92. The number of rotatable bonds is 0. The SMILES string of the molecule is C1CC2(CN1)CO2. The van der Waals surface area contributed by atoms with Crippen molar-refractivity contribution in [2.45, 2.75) is 12.0 Å². The summed E-state index contributed by atoms with van der Waals surface area (Å²) in [5.41, 5.74) is 0.333. The van der Waals surface area contributed by atoms with Gasteiger partial charge in [0.15, 0.2) is 0 Å². The number of epoxide rings is 1. The summed E-state index contributed by atoms with van der Waals surface area (Å²) < 4.78 is 5.19. The highest BCUT2D eigenvalue weighted by Crippen LogP contribution is 2.32. The molecule has 2 aliphatic rings. The third-order valence-corrected chi connectivity index (χ3v) is 1.76. The molecule has 0 aromatic heterocycles. The highest BCUT2D eigenvalue weighted by molar-refractivity contribution is 4.98. The highest BCUT2D eigenvalue weighted by atomic mass is 16.6. The quantitative estimate of drug-likeness (QED) is 0.423. The topological polar surface area (TPSA) is 24.6 Å². The van der Waals surface area contributed by atoms with Crippen LogP contribution in [0.25, 0.3) is 0 Å². The first-order valence-corrected chi connectivity index (χ1v) is 2.76. The van der Waals surface area contributed by atoms with Gasteiger partial charge in [0.05, 0.1) is 6.61 Å². The van der Waals surface area contributed by atoms with E-state index >= 15 is 0 Å². The van der Waals surface area contributed by atoms with Crippen LogP contribution in [0.3, 0.4) is 0 Å². The molecule has 2 nitrogen and oxygen atoms in total. The molecule has 2 heteroatoms. The molecular formula is C5H9NO. The first-order valence-electron chi connectivity index (χ1n) is 2.76. The van der Waals surface area contributed by atoms with Crippen LogP contribution in [0, 0.1) is 0 Å². The van der Waals surface area contributed by atoms with E-state index in [4.69, 9.17) is 4.74 Å². The summed E-state index contributed by atoms with van der Waals surface area (Å²) >= 11 is 0. The molecule has 0 radical (unpaired) electrons. The Morgan fingerprint density at radius 2 is 2.43 bits per heavy atom. The fraction of sp³-hybridized carbons (Fsp3) is 1.00. The molecule has 2 heterocycles. The molecule has 0 saturated carbocycles. The molecule has 1 N–H and O–H groups in total. The van der Waals surface area contributed by atoms with Crippen LogP contribution in [0.2, 0.25) is 0 Å². The fourth-order valence-corrected chi connectivity index (χ4v) is 1.07. The molecule has 2 rings (SSSR count). The number of hydrogen-bond donors (Lipinski definition) is 1. The predicted molar refractivity (Wildman–Crippen MR) is 26.2 cm³/mol. The zero-order chi connectivity index (χ0) is 4.74. The van der Waals surface area contributed by atoms with Gasteiger partial charge in [-0.15, -0.1) is 0 Å². The van der Waals surface area contributed by atoms with Crippen molar-refractivity contribution in [1.82, 2.24) is 5.32 Å². The van der Waals surface area contributed by atoms with E-state index in [0.29, 0.717) is 5.60 Å². The average Bonchev–Trinajstić information content (AvgIpc) is 2.15. The van der Waals surface area contributed by atoms with E-state index in [2.05, 4.69) is 5.32 Å². The lowest BCUT2D eigenvalue weighted by molar-refractivity contribution is 0.323. The lowest BCUT2D eigenvalue weighted by atomic mass is 10.1. The van der Waals surface area contributed by atoms with Crippen molar-refractivity contribution in [3.05, 3.63) is 0 Å². The second kappa shape index (κ2) is 1.01. The van der Waals surface area contributed by atoms with Crippen molar-refractivity contribution in [1.29, 1.82) is 0 Å². The van der Waals surface area contributed by atoms with Gasteiger partial charge in [-0.1, -0.05) is 0 Å². The van der Waals surface area contributed by atoms with Crippen LogP contribution in [-0.2, 0) is 4.74 Å². The first-order chi connectivity index (χ1) is 3.41. The van der Waals surface area contributed by atoms with Gasteiger partial charge in [-0.05, 0) is 13.0 Å². The second-order valence-electron chi connectivity index (χ2n) is 2.40. The van der Waals surface area contributed by atoms with Gasteiger partial charge in [0.1, 0.15) is 5.60 Å². The van der Waals surface area contributed by atoms with Crippen molar-refractivity contribution in [2.75, 3.05) is 19.7 Å². The van der Waals surface area contributed by atoms with Gasteiger partial charge < -0.3 is 10.1 Å². The van der Waals surface area contributed by atoms with Crippen molar-refractivity contribution in [3.63, 3.8) is 0 Å². The Labute approximate surface area is 42.9 Å². The maximum Gasteiger partial charge on any atom is 0.105 e. The summed E-state index contributed by atoms with van der Waals surface area (Å²) in [6, 6.07) is 0. The maximum absolute atomic E-state index is 5.19. The Morgan fingerprint density at radius 1 is 1.57 bits per heavy atom. The normalized spacial score (nSPS) is 48.0. The summed E-state index contributed by atoms with van der Waals surface area (Å²) in [5, 5.41) is 3.25. The molecule has 1 atom stereocenters. The van der Waals surface area contributed by atoms with Gasteiger partial charge in [-0.3, -0.25) is 0 Å². The number of nitrogens with one attached hydrogen (secondary N) is 1. The Hall–Kier alpha value is -0.0800. The molecule has 7 heavy (non-hydrogen) atoms. The lowest BCUT2D eigenvalue weighted by Crippen LogP contribution is -2.14. The van der Waals surface area contributed by atoms with Crippen LogP contribution in [0.1, 0.15) is 6.42 Å². The van der Waals surface area contributed by atoms with Gasteiger partial charge in [0.2, 0.25) is 0 Å². The van der Waals surface area contributed by atoms with E-state index in [1.165, 1.54) is 6.42 Å². The summed E-state index contributed by atoms with van der Waals surface area (Å²) in [4.78, 5) is 0. The van der Waals surface area contributed by atoms with Crippen LogP contribution in [0.15, 0.2) is 0 Å². The molecule has 2 aliphatic heterocycles. The molecule has 0 aromatic carbocycles. The highest BCUT2D eigenvalue weighted by Gasteiger charge is 2.46. The third-order valence-electron chi connectivity index (χ3n) is 1.76. The molecule has 1 spiro atoms. The predicted octanol–water partition coefficient (Wildman–Crippen LogP) is -0.251. The Kier molecular flexibility index (Phi) is 0.557. The monoisotopic (exact) mass is 99.1 g/mol. The van der Waals surface area contributed by atoms with Gasteiger partial charge >= 0.3 is 0 Å². The molecule has 0 aromatic rings. The third kappa shape index (κ3) is 0.469. The summed E-state index contributed by atoms with van der Waals surface area (Å²) in [7, 11) is 0. The molecule has 2 fully saturated rings. The van der Waals surface area contributed by atoms with Crippen molar-refractivity contribution in [2.24, 2.45) is 0 Å². The molecule has 0 aliphatic carbocycles. The van der Waals surface area contributed by atoms with Crippen LogP contribution >= 0.6 is 0 Å². The number of hydrogen-bond acceptors (Lipinski definition) is 2. The van der Waals surface area contributed by atoms with Crippen LogP contribution in [0.5, 0.6) is 0 Å². The van der Waals surface area contributed by atoms with Crippen molar-refractivity contribution >= 4 is 0 Å². The molecule has 1 unspecified atom stereocenters. The molecule has 40 valence electrons. The fourth-order valence-electron chi connectivity index (χ4n) is 1.07. The first kappa shape index (κ1) is 3.87. The van der Waals surface area contributed by atoms with Crippen LogP contribution in [0.4, 0.5) is 0 Å². The van der Waals surface area contributed by atoms with Crippen LogP contribution in [-0.4, -0.2) is 25.3 Å². The minimum Gasteiger partial charge on any atom is -0.368 e. The van der Waals surface area contributed by atoms with Gasteiger partial charge in [-0.2, -0.15) is 0 Å². The van der Waals surface area contributed by atoms with Gasteiger partial charge in [0, 0.05) is 6.54 Å². The second-order valence-corrected chi connectivity index (χ2v) is 2.40. The summed E-state index contributed by atoms with van der Waals surface area (Å²) in [6.07, 6.45) is 1.23. The standard InChI is InChI=1S/C5H9NO/c1-2-6-3-5(1)4-7-5/h6H,1-4H2. The Morgan fingerprint density at radius 3 is 2.71 bits per heavy atom. The number of ether oxygens (including phenoxy) is 1. The summed E-state index contributed by atoms with van der Waals surface area (Å²) in [6.45, 7) is 3.24. The zero-order valence-corrected chi connectivity index (χ0v) is 4.24. The van der Waals surface area contributed by atoms with E-state index in [9.17, 15) is 0 Å². The van der Waals surface area contributed by atoms with E-state index in [1.807, 2.05) is 0 Å². The van der Waals surface area contributed by atoms with E-state index < -0.39 is 0 Å². The molecular weight excluding hydrogens is 90.1 g/mol. The van der Waals surface area contributed by atoms with Crippen LogP contribution < -0.4 is 5.32 Å². The van der Waals surface area contributed by atoms with Gasteiger partial charge in [-0.25, -0.2) is 0 Å². The smallest absolute Gasteiger partial charge is 0.105 e. The minimum absolute atomic E-state index is 0.333. The Balaban J connectivity index is 2.07. The molecule has 0 amide bonds. The zero-order valence-electron chi connectivity index (χ0n) is 4.24. The average molecular weight is 99.1 g/mol. The maximum atomic E-state index is 5.19.